The van der Waals surface area contributed by atoms with Gasteiger partial charge < -0.3 is 43.4 Å². The Kier molecular flexibility index (Phi) is 15.3. The van der Waals surface area contributed by atoms with Gasteiger partial charge in [0, 0.05) is 12.3 Å². The van der Waals surface area contributed by atoms with Crippen molar-refractivity contribution in [3.05, 3.63) is 0 Å². The number of aliphatic hydroxyl groups excluding tert-OH is 1. The van der Waals surface area contributed by atoms with Crippen molar-refractivity contribution in [2.24, 2.45) is 22.2 Å². The molecule has 0 saturated carbocycles. The summed E-state index contributed by atoms with van der Waals surface area (Å²) in [5, 5.41) is 25.5. The molecule has 32 heavy (non-hydrogen) atoms. The van der Waals surface area contributed by atoms with E-state index in [9.17, 15) is 19.2 Å². The normalized spacial score (nSPS) is 14.4. The van der Waals surface area contributed by atoms with E-state index in [-0.39, 0.29) is 31.1 Å². The van der Waals surface area contributed by atoms with Crippen LogP contribution in [0.15, 0.2) is 4.99 Å². The Morgan fingerprint density at radius 2 is 1.53 bits per heavy atom. The van der Waals surface area contributed by atoms with E-state index in [1.165, 1.54) is 11.8 Å². The van der Waals surface area contributed by atoms with Crippen LogP contribution in [0.25, 0.3) is 0 Å². The Balaban J connectivity index is 5.39. The number of hydrogen-bond acceptors (Lipinski definition) is 9. The zero-order valence-corrected chi connectivity index (χ0v) is 19.5. The van der Waals surface area contributed by atoms with Gasteiger partial charge in [0.1, 0.15) is 24.2 Å². The quantitative estimate of drug-likeness (QED) is 0.0445. The van der Waals surface area contributed by atoms with Gasteiger partial charge in [0.2, 0.25) is 17.7 Å². The smallest absolute Gasteiger partial charge is 0.327 e. The lowest BCUT2D eigenvalue weighted by molar-refractivity contribution is -0.141. The molecule has 0 saturated heterocycles. The molecule has 0 aliphatic rings. The van der Waals surface area contributed by atoms with Crippen molar-refractivity contribution < 1.29 is 29.4 Å². The lowest BCUT2D eigenvalue weighted by Crippen LogP contribution is -2.57. The lowest BCUT2D eigenvalue weighted by Gasteiger charge is -2.24. The van der Waals surface area contributed by atoms with Crippen LogP contribution in [0, 0.1) is 0 Å². The summed E-state index contributed by atoms with van der Waals surface area (Å²) in [4.78, 5) is 52.5. The average molecular weight is 496 g/mol. The fraction of sp³-hybridized carbons (Fsp3) is 0.706. The van der Waals surface area contributed by atoms with Gasteiger partial charge >= 0.3 is 5.97 Å². The highest BCUT2D eigenvalue weighted by Crippen LogP contribution is 2.05. The van der Waals surface area contributed by atoms with Crippen LogP contribution in [-0.2, 0) is 19.2 Å². The van der Waals surface area contributed by atoms with Crippen molar-refractivity contribution in [3.8, 4) is 0 Å². The largest absolute Gasteiger partial charge is 0.480 e. The highest BCUT2D eigenvalue weighted by atomic mass is 32.2. The van der Waals surface area contributed by atoms with Crippen LogP contribution in [0.5, 0.6) is 0 Å². The zero-order chi connectivity index (χ0) is 24.7. The molecular weight excluding hydrogens is 462 g/mol. The molecule has 0 spiro atoms. The molecule has 0 aromatic heterocycles. The minimum Gasteiger partial charge on any atom is -0.480 e. The lowest BCUT2D eigenvalue weighted by atomic mass is 10.1. The first-order chi connectivity index (χ1) is 15.1. The summed E-state index contributed by atoms with van der Waals surface area (Å²) in [6.45, 7) is -0.417. The van der Waals surface area contributed by atoms with Crippen molar-refractivity contribution in [2.45, 2.75) is 43.4 Å². The molecule has 184 valence electrons. The Bertz CT molecular complexity index is 663. The molecule has 4 unspecified atom stereocenters. The first kappa shape index (κ1) is 29.8. The molecule has 0 heterocycles. The number of aliphatic hydroxyl groups is 1. The number of thiol groups is 1. The van der Waals surface area contributed by atoms with Gasteiger partial charge in [0.05, 0.1) is 6.61 Å². The third-order valence-corrected chi connectivity index (χ3v) is 5.16. The van der Waals surface area contributed by atoms with Gasteiger partial charge in [-0.1, -0.05) is 0 Å². The van der Waals surface area contributed by atoms with Crippen LogP contribution in [0.3, 0.4) is 0 Å². The zero-order valence-electron chi connectivity index (χ0n) is 17.8. The summed E-state index contributed by atoms with van der Waals surface area (Å²) in [5.41, 5.74) is 16.0. The SMILES string of the molecule is CSCCC(NC(=O)C(CCCN=C(N)N)NC(=O)C(N)CO)C(=O)NC(CS)C(=O)O. The monoisotopic (exact) mass is 495 g/mol. The topological polar surface area (TPSA) is 235 Å². The van der Waals surface area contributed by atoms with Crippen LogP contribution in [0.4, 0.5) is 0 Å². The molecule has 0 aliphatic heterocycles. The predicted octanol–water partition coefficient (Wildman–Crippen LogP) is -3.42. The van der Waals surface area contributed by atoms with Crippen molar-refractivity contribution in [1.82, 2.24) is 16.0 Å². The van der Waals surface area contributed by atoms with E-state index in [0.29, 0.717) is 12.2 Å². The maximum atomic E-state index is 12.9. The summed E-state index contributed by atoms with van der Waals surface area (Å²) in [6, 6.07) is -4.58. The first-order valence-corrected chi connectivity index (χ1v) is 11.8. The summed E-state index contributed by atoms with van der Waals surface area (Å²) in [7, 11) is 0. The summed E-state index contributed by atoms with van der Waals surface area (Å²) in [5.74, 6) is -3.12. The van der Waals surface area contributed by atoms with E-state index in [4.69, 9.17) is 27.4 Å². The molecule has 0 radical (unpaired) electrons. The van der Waals surface area contributed by atoms with Gasteiger partial charge in [0.25, 0.3) is 0 Å². The predicted molar refractivity (Wildman–Crippen MR) is 125 cm³/mol. The molecule has 13 nitrogen and oxygen atoms in total. The standard InChI is InChI=1S/C17H33N7O6S2/c1-32-6-4-11(15(28)24-12(8-31)16(29)30)23-14(27)10(3-2-5-21-17(19)20)22-13(26)9(18)7-25/h9-12,25,31H,2-8,18H2,1H3,(H,22,26)(H,23,27)(H,24,28)(H,29,30)(H4,19,20,21). The number of aliphatic imine (C=N–C) groups is 1. The number of amides is 3. The van der Waals surface area contributed by atoms with E-state index >= 15 is 0 Å². The molecule has 15 heteroatoms. The second-order valence-corrected chi connectivity index (χ2v) is 8.07. The summed E-state index contributed by atoms with van der Waals surface area (Å²) >= 11 is 5.34. The van der Waals surface area contributed by atoms with Gasteiger partial charge in [0.15, 0.2) is 5.96 Å². The summed E-state index contributed by atoms with van der Waals surface area (Å²) in [6.07, 6.45) is 2.49. The maximum Gasteiger partial charge on any atom is 0.327 e. The van der Waals surface area contributed by atoms with E-state index in [0.717, 1.165) is 0 Å². The second kappa shape index (κ2) is 16.4. The Hall–Kier alpha value is -2.23. The van der Waals surface area contributed by atoms with E-state index < -0.39 is 54.5 Å². The maximum absolute atomic E-state index is 12.9. The van der Waals surface area contributed by atoms with Crippen molar-refractivity contribution in [3.63, 3.8) is 0 Å². The minimum absolute atomic E-state index is 0.122. The number of nitrogens with zero attached hydrogens (tertiary/aromatic N) is 1. The molecule has 11 N–H and O–H groups in total. The molecule has 3 amide bonds. The molecule has 4 atom stereocenters. The number of rotatable bonds is 16. The summed E-state index contributed by atoms with van der Waals surface area (Å²) < 4.78 is 0. The number of hydrogen-bond donors (Lipinski definition) is 9. The fourth-order valence-electron chi connectivity index (χ4n) is 2.37. The highest BCUT2D eigenvalue weighted by molar-refractivity contribution is 7.98. The number of carbonyl (C=O) groups is 4. The number of carboxylic acids is 1. The van der Waals surface area contributed by atoms with E-state index in [2.05, 4.69) is 33.6 Å². The third-order valence-electron chi connectivity index (χ3n) is 4.15. The molecular formula is C17H33N7O6S2. The number of carboxylic acid groups (broad SMARTS) is 1. The van der Waals surface area contributed by atoms with Gasteiger partial charge in [-0.3, -0.25) is 19.4 Å². The molecule has 0 aromatic carbocycles. The Morgan fingerprint density at radius 3 is 2.00 bits per heavy atom. The third kappa shape index (κ3) is 12.0. The molecule has 0 aliphatic carbocycles. The minimum atomic E-state index is -1.26. The van der Waals surface area contributed by atoms with Crippen LogP contribution >= 0.6 is 24.4 Å². The number of aliphatic carboxylic acids is 1. The van der Waals surface area contributed by atoms with Crippen LogP contribution in [0.2, 0.25) is 0 Å². The Labute approximate surface area is 196 Å². The highest BCUT2D eigenvalue weighted by Gasteiger charge is 2.29. The number of nitrogens with one attached hydrogen (secondary N) is 3. The number of carbonyl (C=O) groups excluding carboxylic acids is 3. The van der Waals surface area contributed by atoms with Crippen LogP contribution in [0.1, 0.15) is 19.3 Å². The molecule has 0 bridgehead atoms. The van der Waals surface area contributed by atoms with Gasteiger partial charge in [-0.15, -0.1) is 0 Å². The van der Waals surface area contributed by atoms with E-state index in [1.807, 2.05) is 6.26 Å². The van der Waals surface area contributed by atoms with Gasteiger partial charge in [-0.25, -0.2) is 4.79 Å². The second-order valence-electron chi connectivity index (χ2n) is 6.72. The van der Waals surface area contributed by atoms with Crippen molar-refractivity contribution in [1.29, 1.82) is 0 Å². The van der Waals surface area contributed by atoms with Gasteiger partial charge in [-0.05, 0) is 31.3 Å². The number of guanidine groups is 1. The number of thioether (sulfide) groups is 1. The van der Waals surface area contributed by atoms with Crippen molar-refractivity contribution >= 4 is 54.0 Å². The van der Waals surface area contributed by atoms with Crippen LogP contribution < -0.4 is 33.2 Å². The van der Waals surface area contributed by atoms with Gasteiger partial charge in [-0.2, -0.15) is 24.4 Å². The molecule has 0 rings (SSSR count). The first-order valence-electron chi connectivity index (χ1n) is 9.72. The number of nitrogens with two attached hydrogens (primary N) is 3. The van der Waals surface area contributed by atoms with Crippen molar-refractivity contribution in [2.75, 3.05) is 30.9 Å². The average Bonchev–Trinajstić information content (AvgIpc) is 2.75. The fourth-order valence-corrected chi connectivity index (χ4v) is 3.09. The van der Waals surface area contributed by atoms with Crippen LogP contribution in [-0.4, -0.2) is 94.9 Å². The molecule has 0 aromatic rings. The Morgan fingerprint density at radius 1 is 1.00 bits per heavy atom. The molecule has 0 fully saturated rings. The van der Waals surface area contributed by atoms with E-state index in [1.54, 1.807) is 0 Å².